The second-order valence-corrected chi connectivity index (χ2v) is 6.98. The quantitative estimate of drug-likeness (QED) is 0.767. The molecule has 0 radical (unpaired) electrons. The monoisotopic (exact) mass is 330 g/mol. The van der Waals surface area contributed by atoms with E-state index in [2.05, 4.69) is 34.1 Å². The van der Waals surface area contributed by atoms with E-state index in [-0.39, 0.29) is 0 Å². The minimum absolute atomic E-state index is 0.702. The molecule has 0 aromatic heterocycles. The molecule has 0 saturated carbocycles. The normalized spacial score (nSPS) is 25.2. The zero-order chi connectivity index (χ0) is 16.8. The van der Waals surface area contributed by atoms with E-state index >= 15 is 0 Å². The van der Waals surface area contributed by atoms with Crippen LogP contribution in [0.25, 0.3) is 6.08 Å². The van der Waals surface area contributed by atoms with Gasteiger partial charge in [0.2, 0.25) is 0 Å². The first-order chi connectivity index (χ1) is 11.8. The van der Waals surface area contributed by atoms with Crippen molar-refractivity contribution in [1.29, 1.82) is 0 Å². The summed E-state index contributed by atoms with van der Waals surface area (Å²) in [6.45, 7) is 6.62. The Hall–Kier alpha value is -1.36. The highest BCUT2D eigenvalue weighted by Gasteiger charge is 2.33. The molecule has 4 rings (SSSR count). The molecule has 2 bridgehead atoms. The second kappa shape index (κ2) is 8.65. The summed E-state index contributed by atoms with van der Waals surface area (Å²) in [4.78, 5) is 5.26. The third-order valence-electron chi connectivity index (χ3n) is 5.27. The van der Waals surface area contributed by atoms with Crippen LogP contribution in [0.5, 0.6) is 5.75 Å². The van der Waals surface area contributed by atoms with Crippen molar-refractivity contribution in [3.63, 3.8) is 0 Å². The highest BCUT2D eigenvalue weighted by molar-refractivity contribution is 5.50. The molecular formula is C20H30N2O2. The lowest BCUT2D eigenvalue weighted by Gasteiger charge is -2.35. The second-order valence-electron chi connectivity index (χ2n) is 6.98. The van der Waals surface area contributed by atoms with Crippen LogP contribution in [-0.2, 0) is 4.74 Å². The van der Waals surface area contributed by atoms with Gasteiger partial charge in [0.25, 0.3) is 0 Å². The summed E-state index contributed by atoms with van der Waals surface area (Å²) < 4.78 is 10.5. The number of benzene rings is 1. The van der Waals surface area contributed by atoms with E-state index in [1.54, 1.807) is 14.2 Å². The number of ether oxygens (including phenoxy) is 2. The predicted molar refractivity (Wildman–Crippen MR) is 98.4 cm³/mol. The summed E-state index contributed by atoms with van der Waals surface area (Å²) >= 11 is 0. The average Bonchev–Trinajstić information content (AvgIpc) is 2.91. The van der Waals surface area contributed by atoms with Crippen LogP contribution in [0.2, 0.25) is 0 Å². The summed E-state index contributed by atoms with van der Waals surface area (Å²) in [7, 11) is 3.50. The van der Waals surface area contributed by atoms with Crippen LogP contribution in [0.3, 0.4) is 0 Å². The molecule has 3 aliphatic heterocycles. The first-order valence-corrected chi connectivity index (χ1v) is 9.04. The Morgan fingerprint density at radius 3 is 2.67 bits per heavy atom. The van der Waals surface area contributed by atoms with Crippen molar-refractivity contribution in [1.82, 2.24) is 9.80 Å². The van der Waals surface area contributed by atoms with Crippen molar-refractivity contribution < 1.29 is 9.47 Å². The van der Waals surface area contributed by atoms with Crippen molar-refractivity contribution in [2.45, 2.75) is 18.9 Å². The van der Waals surface area contributed by atoms with Crippen LogP contribution in [0.15, 0.2) is 30.3 Å². The van der Waals surface area contributed by atoms with Gasteiger partial charge >= 0.3 is 0 Å². The highest BCUT2D eigenvalue weighted by atomic mass is 16.5. The van der Waals surface area contributed by atoms with Gasteiger partial charge in [0, 0.05) is 45.9 Å². The standard InChI is InChI=1S/C20H30N2O2/c1-23-13-12-22-15-18-5-8-19(22)16-21(14-18)11-3-4-17-6-9-20(24-2)10-7-17/h3-4,6-7,9-10,18-19H,5,8,11-16H2,1-2H3/b4-3+/t18-,19+/m1/s1. The molecule has 0 spiro atoms. The van der Waals surface area contributed by atoms with E-state index < -0.39 is 0 Å². The molecule has 0 unspecified atom stereocenters. The van der Waals surface area contributed by atoms with Crippen LogP contribution in [0.1, 0.15) is 18.4 Å². The topological polar surface area (TPSA) is 24.9 Å². The van der Waals surface area contributed by atoms with Gasteiger partial charge in [0.1, 0.15) is 5.75 Å². The molecule has 3 aliphatic rings. The molecule has 1 aromatic rings. The van der Waals surface area contributed by atoms with Crippen molar-refractivity contribution in [2.24, 2.45) is 5.92 Å². The molecular weight excluding hydrogens is 300 g/mol. The zero-order valence-corrected chi connectivity index (χ0v) is 15.0. The number of rotatable bonds is 7. The lowest BCUT2D eigenvalue weighted by molar-refractivity contribution is 0.0872. The molecule has 3 fully saturated rings. The van der Waals surface area contributed by atoms with Crippen molar-refractivity contribution in [2.75, 3.05) is 53.6 Å². The maximum atomic E-state index is 5.27. The third-order valence-corrected chi connectivity index (χ3v) is 5.27. The average molecular weight is 330 g/mol. The molecule has 0 amide bonds. The first-order valence-electron chi connectivity index (χ1n) is 9.04. The minimum atomic E-state index is 0.702. The lowest BCUT2D eigenvalue weighted by Crippen LogP contribution is -2.45. The number of fused-ring (bicyclic) bond motifs is 4. The Labute approximate surface area is 146 Å². The van der Waals surface area contributed by atoms with E-state index in [1.807, 2.05) is 12.1 Å². The van der Waals surface area contributed by atoms with Crippen LogP contribution in [0.4, 0.5) is 0 Å². The van der Waals surface area contributed by atoms with Crippen molar-refractivity contribution in [3.05, 3.63) is 35.9 Å². The van der Waals surface area contributed by atoms with Gasteiger partial charge in [-0.3, -0.25) is 9.80 Å². The van der Waals surface area contributed by atoms with E-state index in [9.17, 15) is 0 Å². The Kier molecular flexibility index (Phi) is 6.30. The number of hydrogen-bond donors (Lipinski definition) is 0. The van der Waals surface area contributed by atoms with E-state index in [0.717, 1.165) is 31.4 Å². The Bertz CT molecular complexity index is 529. The Morgan fingerprint density at radius 1 is 1.08 bits per heavy atom. The number of piperidine rings is 1. The molecule has 0 N–H and O–H groups in total. The van der Waals surface area contributed by atoms with E-state index in [4.69, 9.17) is 9.47 Å². The molecule has 4 heteroatoms. The molecule has 4 nitrogen and oxygen atoms in total. The zero-order valence-electron chi connectivity index (χ0n) is 15.0. The summed E-state index contributed by atoms with van der Waals surface area (Å²) in [5.41, 5.74) is 1.23. The minimum Gasteiger partial charge on any atom is -0.497 e. The molecule has 132 valence electrons. The van der Waals surface area contributed by atoms with Gasteiger partial charge < -0.3 is 9.47 Å². The Morgan fingerprint density at radius 2 is 1.92 bits per heavy atom. The molecule has 3 heterocycles. The maximum Gasteiger partial charge on any atom is 0.118 e. The highest BCUT2D eigenvalue weighted by Crippen LogP contribution is 2.27. The van der Waals surface area contributed by atoms with Gasteiger partial charge in [-0.2, -0.15) is 0 Å². The number of hydrogen-bond acceptors (Lipinski definition) is 4. The van der Waals surface area contributed by atoms with Gasteiger partial charge in [-0.15, -0.1) is 0 Å². The van der Waals surface area contributed by atoms with Crippen LogP contribution in [-0.4, -0.2) is 69.4 Å². The third kappa shape index (κ3) is 4.59. The van der Waals surface area contributed by atoms with E-state index in [0.29, 0.717) is 6.04 Å². The molecule has 2 atom stereocenters. The summed E-state index contributed by atoms with van der Waals surface area (Å²) in [6.07, 6.45) is 7.24. The maximum absolute atomic E-state index is 5.27. The fourth-order valence-electron chi connectivity index (χ4n) is 3.96. The van der Waals surface area contributed by atoms with Crippen LogP contribution in [0, 0.1) is 5.92 Å². The van der Waals surface area contributed by atoms with Gasteiger partial charge in [-0.1, -0.05) is 24.3 Å². The van der Waals surface area contributed by atoms with Crippen LogP contribution >= 0.6 is 0 Å². The van der Waals surface area contributed by atoms with Crippen LogP contribution < -0.4 is 4.74 Å². The summed E-state index contributed by atoms with van der Waals surface area (Å²) in [6, 6.07) is 8.94. The summed E-state index contributed by atoms with van der Waals surface area (Å²) in [5, 5.41) is 0. The fraction of sp³-hybridized carbons (Fsp3) is 0.600. The van der Waals surface area contributed by atoms with Crippen molar-refractivity contribution in [3.8, 4) is 5.75 Å². The SMILES string of the molecule is COCCN1C[C@@H]2CC[C@H]1CN(C/C=C/c1ccc(OC)cc1)C2. The lowest BCUT2D eigenvalue weighted by atomic mass is 9.95. The van der Waals surface area contributed by atoms with Gasteiger partial charge in [0.15, 0.2) is 0 Å². The summed E-state index contributed by atoms with van der Waals surface area (Å²) in [5.74, 6) is 1.72. The fourth-order valence-corrected chi connectivity index (χ4v) is 3.96. The Balaban J connectivity index is 1.53. The van der Waals surface area contributed by atoms with Gasteiger partial charge in [-0.05, 0) is 36.5 Å². The molecule has 0 aliphatic carbocycles. The van der Waals surface area contributed by atoms with E-state index in [1.165, 1.54) is 38.0 Å². The number of methoxy groups -OCH3 is 2. The molecule has 1 aromatic carbocycles. The molecule has 24 heavy (non-hydrogen) atoms. The predicted octanol–water partition coefficient (Wildman–Crippen LogP) is 2.75. The number of nitrogens with zero attached hydrogens (tertiary/aromatic N) is 2. The van der Waals surface area contributed by atoms with Crippen molar-refractivity contribution >= 4 is 6.08 Å². The largest absolute Gasteiger partial charge is 0.497 e. The first kappa shape index (κ1) is 17.5. The van der Waals surface area contributed by atoms with Gasteiger partial charge in [-0.25, -0.2) is 0 Å². The molecule has 3 saturated heterocycles. The smallest absolute Gasteiger partial charge is 0.118 e. The van der Waals surface area contributed by atoms with Gasteiger partial charge in [0.05, 0.1) is 13.7 Å².